The third-order valence-electron chi connectivity index (χ3n) is 3.13. The van der Waals surface area contributed by atoms with E-state index >= 15 is 0 Å². The summed E-state index contributed by atoms with van der Waals surface area (Å²) in [4.78, 5) is 5.06. The summed E-state index contributed by atoms with van der Waals surface area (Å²) in [6, 6.07) is 1.76. The summed E-state index contributed by atoms with van der Waals surface area (Å²) in [7, 11) is 2.22. The van der Waals surface area contributed by atoms with Crippen molar-refractivity contribution in [1.29, 1.82) is 0 Å². The molecule has 1 unspecified atom stereocenters. The number of likely N-dealkylation sites (tertiary alicyclic amines) is 2. The van der Waals surface area contributed by atoms with E-state index in [0.29, 0.717) is 5.54 Å². The highest BCUT2D eigenvalue weighted by Gasteiger charge is 2.52. The van der Waals surface area contributed by atoms with Crippen LogP contribution in [-0.2, 0) is 0 Å². The van der Waals surface area contributed by atoms with Crippen molar-refractivity contribution in [2.24, 2.45) is 0 Å². The number of hydrogen-bond donors (Lipinski definition) is 0. The second-order valence-electron chi connectivity index (χ2n) is 4.90. The van der Waals surface area contributed by atoms with E-state index in [2.05, 4.69) is 37.6 Å². The molecule has 2 fully saturated rings. The van der Waals surface area contributed by atoms with E-state index in [1.165, 1.54) is 13.1 Å². The van der Waals surface area contributed by atoms with Crippen molar-refractivity contribution < 1.29 is 0 Å². The minimum absolute atomic E-state index is 0.391. The molecule has 0 amide bonds. The van der Waals surface area contributed by atoms with E-state index in [1.807, 2.05) is 0 Å². The molecule has 0 aromatic heterocycles. The van der Waals surface area contributed by atoms with Crippen LogP contribution in [0.3, 0.4) is 0 Å². The smallest absolute Gasteiger partial charge is 0.0397 e. The number of likely N-dealkylation sites (N-methyl/N-ethyl adjacent to an activating group) is 1. The Balaban J connectivity index is 1.95. The highest BCUT2D eigenvalue weighted by molar-refractivity contribution is 5.10. The highest BCUT2D eigenvalue weighted by Crippen LogP contribution is 2.36. The van der Waals surface area contributed by atoms with Crippen LogP contribution in [0, 0.1) is 0 Å². The standard InChI is InChI=1S/C9H18N2/c1-9(2,3)11-6-7-8(11)5-10(7)4/h7-8H,5-6H2,1-4H3/t7-,8?/m1/s1. The van der Waals surface area contributed by atoms with E-state index in [4.69, 9.17) is 0 Å². The third kappa shape index (κ3) is 0.926. The molecule has 2 heterocycles. The number of fused-ring (bicyclic) bond motifs is 1. The largest absolute Gasteiger partial charge is 0.299 e. The average molecular weight is 154 g/mol. The van der Waals surface area contributed by atoms with Crippen LogP contribution in [0.15, 0.2) is 0 Å². The second-order valence-corrected chi connectivity index (χ2v) is 4.90. The minimum Gasteiger partial charge on any atom is -0.299 e. The third-order valence-corrected chi connectivity index (χ3v) is 3.13. The Bertz CT molecular complexity index is 171. The summed E-state index contributed by atoms with van der Waals surface area (Å²) in [5, 5.41) is 0. The predicted molar refractivity (Wildman–Crippen MR) is 46.7 cm³/mol. The first-order valence-corrected chi connectivity index (χ1v) is 4.47. The van der Waals surface area contributed by atoms with E-state index in [-0.39, 0.29) is 0 Å². The molecular weight excluding hydrogens is 136 g/mol. The zero-order chi connectivity index (χ0) is 8.22. The topological polar surface area (TPSA) is 6.48 Å². The maximum atomic E-state index is 2.61. The molecule has 2 aliphatic rings. The van der Waals surface area contributed by atoms with Gasteiger partial charge in [-0.05, 0) is 27.8 Å². The molecule has 0 aromatic carbocycles. The van der Waals surface area contributed by atoms with E-state index < -0.39 is 0 Å². The molecular formula is C9H18N2. The van der Waals surface area contributed by atoms with Gasteiger partial charge in [0.05, 0.1) is 0 Å². The molecule has 0 radical (unpaired) electrons. The summed E-state index contributed by atoms with van der Waals surface area (Å²) in [6.45, 7) is 9.48. The SMILES string of the molecule is CN1CC2[C@H]1CN2C(C)(C)C. The van der Waals surface area contributed by atoms with Crippen molar-refractivity contribution in [1.82, 2.24) is 9.80 Å². The Morgan fingerprint density at radius 3 is 2.00 bits per heavy atom. The molecule has 11 heavy (non-hydrogen) atoms. The maximum Gasteiger partial charge on any atom is 0.0397 e. The fourth-order valence-corrected chi connectivity index (χ4v) is 2.25. The van der Waals surface area contributed by atoms with Crippen LogP contribution >= 0.6 is 0 Å². The molecule has 0 bridgehead atoms. The van der Waals surface area contributed by atoms with Gasteiger partial charge in [-0.2, -0.15) is 0 Å². The monoisotopic (exact) mass is 154 g/mol. The molecule has 2 aliphatic heterocycles. The zero-order valence-corrected chi connectivity index (χ0v) is 7.96. The van der Waals surface area contributed by atoms with Gasteiger partial charge < -0.3 is 0 Å². The summed E-state index contributed by atoms with van der Waals surface area (Å²) in [5.41, 5.74) is 0.391. The van der Waals surface area contributed by atoms with E-state index in [1.54, 1.807) is 0 Å². The minimum atomic E-state index is 0.391. The molecule has 0 saturated carbocycles. The molecule has 2 heteroatoms. The number of hydrogen-bond acceptors (Lipinski definition) is 2. The van der Waals surface area contributed by atoms with Gasteiger partial charge in [-0.25, -0.2) is 0 Å². The van der Waals surface area contributed by atoms with Gasteiger partial charge in [0.15, 0.2) is 0 Å². The first-order chi connectivity index (χ1) is 5.00. The lowest BCUT2D eigenvalue weighted by Crippen LogP contribution is -2.80. The Kier molecular flexibility index (Phi) is 1.37. The van der Waals surface area contributed by atoms with Crippen molar-refractivity contribution in [2.45, 2.75) is 38.4 Å². The van der Waals surface area contributed by atoms with Crippen LogP contribution in [0.1, 0.15) is 20.8 Å². The predicted octanol–water partition coefficient (Wildman–Crippen LogP) is 0.783. The molecule has 64 valence electrons. The lowest BCUT2D eigenvalue weighted by molar-refractivity contribution is -0.149. The normalized spacial score (nSPS) is 39.3. The molecule has 2 atom stereocenters. The fourth-order valence-electron chi connectivity index (χ4n) is 2.25. The van der Waals surface area contributed by atoms with Gasteiger partial charge in [-0.3, -0.25) is 9.80 Å². The second kappa shape index (κ2) is 1.99. The van der Waals surface area contributed by atoms with Gasteiger partial charge in [-0.1, -0.05) is 0 Å². The van der Waals surface area contributed by atoms with Crippen molar-refractivity contribution in [3.63, 3.8) is 0 Å². The van der Waals surface area contributed by atoms with Gasteiger partial charge >= 0.3 is 0 Å². The van der Waals surface area contributed by atoms with Crippen molar-refractivity contribution in [2.75, 3.05) is 20.1 Å². The van der Waals surface area contributed by atoms with Crippen molar-refractivity contribution in [3.05, 3.63) is 0 Å². The Morgan fingerprint density at radius 2 is 1.73 bits per heavy atom. The maximum absolute atomic E-state index is 2.61. The molecule has 2 nitrogen and oxygen atoms in total. The van der Waals surface area contributed by atoms with Crippen LogP contribution in [-0.4, -0.2) is 47.6 Å². The fraction of sp³-hybridized carbons (Fsp3) is 1.00. The van der Waals surface area contributed by atoms with Crippen LogP contribution in [0.25, 0.3) is 0 Å². The molecule has 0 N–H and O–H groups in total. The number of rotatable bonds is 0. The van der Waals surface area contributed by atoms with Gasteiger partial charge in [-0.15, -0.1) is 0 Å². The molecule has 0 aromatic rings. The van der Waals surface area contributed by atoms with Crippen LogP contribution in [0.2, 0.25) is 0 Å². The van der Waals surface area contributed by atoms with Crippen molar-refractivity contribution >= 4 is 0 Å². The lowest BCUT2D eigenvalue weighted by atomic mass is 9.82. The van der Waals surface area contributed by atoms with Gasteiger partial charge in [0, 0.05) is 30.7 Å². The Morgan fingerprint density at radius 1 is 1.09 bits per heavy atom. The summed E-state index contributed by atoms with van der Waals surface area (Å²) in [5.74, 6) is 0. The Labute approximate surface area is 69.2 Å². The van der Waals surface area contributed by atoms with Gasteiger partial charge in [0.1, 0.15) is 0 Å². The van der Waals surface area contributed by atoms with Crippen LogP contribution < -0.4 is 0 Å². The summed E-state index contributed by atoms with van der Waals surface area (Å²) < 4.78 is 0. The molecule has 0 spiro atoms. The number of piperazine rings is 1. The Hall–Kier alpha value is -0.0800. The quantitative estimate of drug-likeness (QED) is 0.509. The molecule has 0 aliphatic carbocycles. The zero-order valence-electron chi connectivity index (χ0n) is 7.96. The van der Waals surface area contributed by atoms with E-state index in [9.17, 15) is 0 Å². The van der Waals surface area contributed by atoms with E-state index in [0.717, 1.165) is 12.1 Å². The number of nitrogens with zero attached hydrogens (tertiary/aromatic N) is 2. The van der Waals surface area contributed by atoms with Crippen molar-refractivity contribution in [3.8, 4) is 0 Å². The lowest BCUT2D eigenvalue weighted by Gasteiger charge is -2.65. The highest BCUT2D eigenvalue weighted by atomic mass is 15.4. The molecule has 2 rings (SSSR count). The first-order valence-electron chi connectivity index (χ1n) is 4.47. The summed E-state index contributed by atoms with van der Waals surface area (Å²) in [6.07, 6.45) is 0. The molecule has 2 saturated heterocycles. The summed E-state index contributed by atoms with van der Waals surface area (Å²) >= 11 is 0. The first kappa shape index (κ1) is 7.56. The van der Waals surface area contributed by atoms with Gasteiger partial charge in [0.25, 0.3) is 0 Å². The van der Waals surface area contributed by atoms with Gasteiger partial charge in [0.2, 0.25) is 0 Å². The van der Waals surface area contributed by atoms with Crippen LogP contribution in [0.4, 0.5) is 0 Å². The van der Waals surface area contributed by atoms with Crippen LogP contribution in [0.5, 0.6) is 0 Å². The average Bonchev–Trinajstić information content (AvgIpc) is 1.79.